The van der Waals surface area contributed by atoms with Crippen molar-refractivity contribution in [1.82, 2.24) is 9.55 Å². The van der Waals surface area contributed by atoms with Crippen LogP contribution in [0.15, 0.2) is 60.8 Å². The monoisotopic (exact) mass is 278 g/mol. The average Bonchev–Trinajstić information content (AvgIpc) is 2.94. The van der Waals surface area contributed by atoms with Crippen LogP contribution in [0, 0.1) is 6.92 Å². The number of para-hydroxylation sites is 1. The molecule has 0 radical (unpaired) electrons. The third-order valence-electron chi connectivity index (χ3n) is 3.27. The molecule has 0 atom stereocenters. The summed E-state index contributed by atoms with van der Waals surface area (Å²) < 4.78 is 1.80. The van der Waals surface area contributed by atoms with Crippen molar-refractivity contribution in [3.8, 4) is 17.1 Å². The zero-order valence-corrected chi connectivity index (χ0v) is 11.5. The first kappa shape index (κ1) is 13.1. The zero-order valence-electron chi connectivity index (χ0n) is 11.5. The number of aromatic nitrogens is 2. The molecule has 4 heteroatoms. The zero-order chi connectivity index (χ0) is 14.8. The molecule has 2 aromatic carbocycles. The summed E-state index contributed by atoms with van der Waals surface area (Å²) >= 11 is 0. The lowest BCUT2D eigenvalue weighted by atomic mass is 10.1. The second-order valence-electron chi connectivity index (χ2n) is 4.83. The highest BCUT2D eigenvalue weighted by Crippen LogP contribution is 2.23. The largest absolute Gasteiger partial charge is 0.476 e. The fourth-order valence-corrected chi connectivity index (χ4v) is 2.17. The molecule has 0 aliphatic rings. The predicted octanol–water partition coefficient (Wildman–Crippen LogP) is 3.55. The number of aryl methyl sites for hydroxylation is 1. The highest BCUT2D eigenvalue weighted by molar-refractivity contribution is 5.86. The summed E-state index contributed by atoms with van der Waals surface area (Å²) in [6, 6.07) is 17.5. The molecule has 4 nitrogen and oxygen atoms in total. The van der Waals surface area contributed by atoms with E-state index in [-0.39, 0.29) is 5.69 Å². The van der Waals surface area contributed by atoms with Crippen molar-refractivity contribution in [2.24, 2.45) is 0 Å². The molecule has 0 amide bonds. The Bertz CT molecular complexity index is 774. The van der Waals surface area contributed by atoms with Crippen molar-refractivity contribution < 1.29 is 9.90 Å². The fraction of sp³-hybridized carbons (Fsp3) is 0.0588. The third-order valence-corrected chi connectivity index (χ3v) is 3.27. The number of hydrogen-bond acceptors (Lipinski definition) is 2. The maximum atomic E-state index is 11.2. The third kappa shape index (κ3) is 2.56. The summed E-state index contributed by atoms with van der Waals surface area (Å²) in [7, 11) is 0. The predicted molar refractivity (Wildman–Crippen MR) is 80.7 cm³/mol. The van der Waals surface area contributed by atoms with Crippen molar-refractivity contribution in [3.05, 3.63) is 72.1 Å². The molecular weight excluding hydrogens is 264 g/mol. The summed E-state index contributed by atoms with van der Waals surface area (Å²) in [5.41, 5.74) is 2.95. The van der Waals surface area contributed by atoms with Crippen molar-refractivity contribution in [3.63, 3.8) is 0 Å². The summed E-state index contributed by atoms with van der Waals surface area (Å²) in [5, 5.41) is 9.18. The van der Waals surface area contributed by atoms with Gasteiger partial charge in [-0.15, -0.1) is 0 Å². The first-order chi connectivity index (χ1) is 10.1. The van der Waals surface area contributed by atoms with Gasteiger partial charge in [-0.2, -0.15) is 0 Å². The first-order valence-electron chi connectivity index (χ1n) is 6.60. The molecule has 0 spiro atoms. The van der Waals surface area contributed by atoms with Crippen molar-refractivity contribution in [2.45, 2.75) is 6.92 Å². The molecule has 0 aliphatic heterocycles. The van der Waals surface area contributed by atoms with Crippen LogP contribution in [0.4, 0.5) is 0 Å². The van der Waals surface area contributed by atoms with E-state index in [9.17, 15) is 9.90 Å². The number of rotatable bonds is 3. The standard InChI is InChI=1S/C17H14N2O2/c1-12-7-9-13(10-8-12)16-18-15(17(20)21)11-19(16)14-5-3-2-4-6-14/h2-11H,1H3,(H,20,21). The number of hydrogen-bond donors (Lipinski definition) is 1. The van der Waals surface area contributed by atoms with Gasteiger partial charge in [0.25, 0.3) is 0 Å². The van der Waals surface area contributed by atoms with Gasteiger partial charge in [-0.05, 0) is 19.1 Å². The minimum atomic E-state index is -1.03. The van der Waals surface area contributed by atoms with E-state index in [0.29, 0.717) is 5.82 Å². The van der Waals surface area contributed by atoms with E-state index in [1.807, 2.05) is 61.5 Å². The van der Waals surface area contributed by atoms with Crippen molar-refractivity contribution in [1.29, 1.82) is 0 Å². The molecule has 1 N–H and O–H groups in total. The van der Waals surface area contributed by atoms with Crippen LogP contribution >= 0.6 is 0 Å². The number of nitrogens with zero attached hydrogens (tertiary/aromatic N) is 2. The van der Waals surface area contributed by atoms with Crippen LogP contribution in [0.25, 0.3) is 17.1 Å². The minimum absolute atomic E-state index is 0.0365. The van der Waals surface area contributed by atoms with E-state index in [2.05, 4.69) is 4.98 Å². The first-order valence-corrected chi connectivity index (χ1v) is 6.60. The van der Waals surface area contributed by atoms with Gasteiger partial charge in [0.1, 0.15) is 5.82 Å². The molecule has 3 aromatic rings. The van der Waals surface area contributed by atoms with Crippen LogP contribution in [0.2, 0.25) is 0 Å². The van der Waals surface area contributed by atoms with Gasteiger partial charge in [-0.25, -0.2) is 9.78 Å². The molecule has 0 saturated carbocycles. The van der Waals surface area contributed by atoms with Gasteiger partial charge in [0.05, 0.1) is 0 Å². The van der Waals surface area contributed by atoms with E-state index in [0.717, 1.165) is 16.8 Å². The molecule has 0 bridgehead atoms. The maximum absolute atomic E-state index is 11.2. The normalized spacial score (nSPS) is 10.5. The fourth-order valence-electron chi connectivity index (χ4n) is 2.17. The molecule has 0 unspecified atom stereocenters. The Balaban J connectivity index is 2.19. The Hall–Kier alpha value is -2.88. The van der Waals surface area contributed by atoms with Crippen LogP contribution in [0.3, 0.4) is 0 Å². The SMILES string of the molecule is Cc1ccc(-c2nc(C(=O)O)cn2-c2ccccc2)cc1. The number of imidazole rings is 1. The number of carboxylic acids is 1. The summed E-state index contributed by atoms with van der Waals surface area (Å²) in [6.45, 7) is 2.01. The molecule has 3 rings (SSSR count). The van der Waals surface area contributed by atoms with Crippen LogP contribution in [-0.2, 0) is 0 Å². The average molecular weight is 278 g/mol. The van der Waals surface area contributed by atoms with E-state index in [1.54, 1.807) is 10.8 Å². The van der Waals surface area contributed by atoms with Gasteiger partial charge < -0.3 is 5.11 Å². The summed E-state index contributed by atoms with van der Waals surface area (Å²) in [6.07, 6.45) is 1.55. The lowest BCUT2D eigenvalue weighted by Gasteiger charge is -2.07. The Morgan fingerprint density at radius 3 is 2.33 bits per heavy atom. The van der Waals surface area contributed by atoms with Gasteiger partial charge in [0.2, 0.25) is 0 Å². The Morgan fingerprint density at radius 2 is 1.71 bits per heavy atom. The van der Waals surface area contributed by atoms with Crippen LogP contribution in [0.1, 0.15) is 16.1 Å². The number of carboxylic acid groups (broad SMARTS) is 1. The second kappa shape index (κ2) is 5.25. The van der Waals surface area contributed by atoms with Crippen LogP contribution < -0.4 is 0 Å². The van der Waals surface area contributed by atoms with E-state index >= 15 is 0 Å². The van der Waals surface area contributed by atoms with Gasteiger partial charge in [0, 0.05) is 17.4 Å². The summed E-state index contributed by atoms with van der Waals surface area (Å²) in [4.78, 5) is 15.5. The quantitative estimate of drug-likeness (QED) is 0.797. The maximum Gasteiger partial charge on any atom is 0.356 e. The lowest BCUT2D eigenvalue weighted by molar-refractivity contribution is 0.0691. The topological polar surface area (TPSA) is 55.1 Å². The molecule has 0 saturated heterocycles. The molecule has 0 fully saturated rings. The number of benzene rings is 2. The highest BCUT2D eigenvalue weighted by Gasteiger charge is 2.15. The van der Waals surface area contributed by atoms with Crippen molar-refractivity contribution in [2.75, 3.05) is 0 Å². The number of carbonyl (C=O) groups is 1. The van der Waals surface area contributed by atoms with Crippen LogP contribution in [-0.4, -0.2) is 20.6 Å². The number of aromatic carboxylic acids is 1. The second-order valence-corrected chi connectivity index (χ2v) is 4.83. The highest BCUT2D eigenvalue weighted by atomic mass is 16.4. The molecule has 1 heterocycles. The minimum Gasteiger partial charge on any atom is -0.476 e. The lowest BCUT2D eigenvalue weighted by Crippen LogP contribution is -1.95. The van der Waals surface area contributed by atoms with Crippen LogP contribution in [0.5, 0.6) is 0 Å². The molecule has 104 valence electrons. The smallest absolute Gasteiger partial charge is 0.356 e. The summed E-state index contributed by atoms with van der Waals surface area (Å²) in [5.74, 6) is -0.406. The van der Waals surface area contributed by atoms with E-state index in [1.165, 1.54) is 0 Å². The van der Waals surface area contributed by atoms with Gasteiger partial charge in [-0.3, -0.25) is 4.57 Å². The Kier molecular flexibility index (Phi) is 3.28. The van der Waals surface area contributed by atoms with Gasteiger partial charge in [0.15, 0.2) is 5.69 Å². The Labute approximate surface area is 122 Å². The molecular formula is C17H14N2O2. The van der Waals surface area contributed by atoms with Gasteiger partial charge in [-0.1, -0.05) is 48.0 Å². The van der Waals surface area contributed by atoms with Crippen molar-refractivity contribution >= 4 is 5.97 Å². The van der Waals surface area contributed by atoms with E-state index < -0.39 is 5.97 Å². The Morgan fingerprint density at radius 1 is 1.05 bits per heavy atom. The van der Waals surface area contributed by atoms with Gasteiger partial charge >= 0.3 is 5.97 Å². The molecule has 0 aliphatic carbocycles. The van der Waals surface area contributed by atoms with E-state index in [4.69, 9.17) is 0 Å². The molecule has 21 heavy (non-hydrogen) atoms. The molecule has 1 aromatic heterocycles.